The van der Waals surface area contributed by atoms with E-state index in [2.05, 4.69) is 4.99 Å². The molecule has 0 aliphatic carbocycles. The van der Waals surface area contributed by atoms with Crippen molar-refractivity contribution in [3.05, 3.63) is 63.5 Å². The number of carbonyl (C=O) groups excluding carboxylic acids is 1. The van der Waals surface area contributed by atoms with Gasteiger partial charge in [-0.05, 0) is 60.5 Å². The first kappa shape index (κ1) is 23.3. The van der Waals surface area contributed by atoms with Gasteiger partial charge in [-0.1, -0.05) is 42.8 Å². The van der Waals surface area contributed by atoms with Crippen LogP contribution in [0.25, 0.3) is 6.08 Å². The van der Waals surface area contributed by atoms with E-state index in [0.717, 1.165) is 23.2 Å². The lowest BCUT2D eigenvalue weighted by Crippen LogP contribution is -2.29. The highest BCUT2D eigenvalue weighted by Gasteiger charge is 2.35. The van der Waals surface area contributed by atoms with E-state index in [-0.39, 0.29) is 19.1 Å². The van der Waals surface area contributed by atoms with Gasteiger partial charge in [-0.25, -0.2) is 0 Å². The lowest BCUT2D eigenvalue weighted by Gasteiger charge is -2.18. The Balaban J connectivity index is 1.88. The molecule has 0 unspecified atom stereocenters. The number of para-hydroxylation sites is 1. The molecule has 0 bridgehead atoms. The fraction of sp³-hybridized carbons (Fsp3) is 0.304. The summed E-state index contributed by atoms with van der Waals surface area (Å²) in [6, 6.07) is 12.9. The summed E-state index contributed by atoms with van der Waals surface area (Å²) in [5.41, 5.74) is 2.57. The Kier molecular flexibility index (Phi) is 8.15. The van der Waals surface area contributed by atoms with E-state index in [1.165, 1.54) is 11.8 Å². The van der Waals surface area contributed by atoms with E-state index >= 15 is 0 Å². The number of aliphatic hydroxyl groups excluding tert-OH is 2. The molecule has 2 N–H and O–H groups in total. The molecule has 2 aromatic carbocycles. The van der Waals surface area contributed by atoms with Crippen molar-refractivity contribution in [2.45, 2.75) is 26.4 Å². The Morgan fingerprint density at radius 1 is 1.29 bits per heavy atom. The summed E-state index contributed by atoms with van der Waals surface area (Å²) in [5.74, 6) is 0.269. The number of amidine groups is 1. The van der Waals surface area contributed by atoms with Crippen molar-refractivity contribution >= 4 is 46.2 Å². The number of hydrogen-bond acceptors (Lipinski definition) is 6. The van der Waals surface area contributed by atoms with Crippen molar-refractivity contribution in [2.75, 3.05) is 24.7 Å². The second-order valence-electron chi connectivity index (χ2n) is 7.04. The van der Waals surface area contributed by atoms with E-state index in [1.54, 1.807) is 29.2 Å². The van der Waals surface area contributed by atoms with Gasteiger partial charge in [0.15, 0.2) is 5.17 Å². The molecule has 3 rings (SSSR count). The number of nitrogens with zero attached hydrogens (tertiary/aromatic N) is 2. The summed E-state index contributed by atoms with van der Waals surface area (Å²) in [7, 11) is 0. The maximum atomic E-state index is 13.2. The number of ether oxygens (including phenoxy) is 1. The maximum Gasteiger partial charge on any atom is 0.271 e. The zero-order valence-electron chi connectivity index (χ0n) is 17.4. The molecule has 1 amide bonds. The molecule has 1 aliphatic rings. The van der Waals surface area contributed by atoms with E-state index in [0.29, 0.717) is 27.4 Å². The number of rotatable bonds is 8. The second kappa shape index (κ2) is 10.8. The van der Waals surface area contributed by atoms with Crippen LogP contribution in [-0.4, -0.2) is 47.2 Å². The molecule has 1 atom stereocenters. The van der Waals surface area contributed by atoms with Crippen molar-refractivity contribution in [1.29, 1.82) is 0 Å². The Morgan fingerprint density at radius 2 is 2.06 bits per heavy atom. The zero-order chi connectivity index (χ0) is 22.4. The van der Waals surface area contributed by atoms with Crippen LogP contribution in [0.5, 0.6) is 5.75 Å². The van der Waals surface area contributed by atoms with Crippen LogP contribution in [0.4, 0.5) is 5.69 Å². The van der Waals surface area contributed by atoms with Crippen LogP contribution in [0.2, 0.25) is 5.02 Å². The van der Waals surface area contributed by atoms with Crippen LogP contribution >= 0.6 is 23.4 Å². The Bertz CT molecular complexity index is 1010. The smallest absolute Gasteiger partial charge is 0.271 e. The zero-order valence-corrected chi connectivity index (χ0v) is 19.0. The second-order valence-corrected chi connectivity index (χ2v) is 8.46. The van der Waals surface area contributed by atoms with Gasteiger partial charge < -0.3 is 14.9 Å². The van der Waals surface area contributed by atoms with Crippen LogP contribution in [0, 0.1) is 6.92 Å². The largest absolute Gasteiger partial charge is 0.489 e. The summed E-state index contributed by atoms with van der Waals surface area (Å²) in [5, 5.41) is 19.3. The summed E-state index contributed by atoms with van der Waals surface area (Å²) in [6.45, 7) is 4.21. The molecule has 1 aliphatic heterocycles. The van der Waals surface area contributed by atoms with Crippen LogP contribution < -0.4 is 9.64 Å². The summed E-state index contributed by atoms with van der Waals surface area (Å²) in [4.78, 5) is 20.1. The van der Waals surface area contributed by atoms with Crippen LogP contribution in [0.15, 0.2) is 52.4 Å². The van der Waals surface area contributed by atoms with Gasteiger partial charge >= 0.3 is 0 Å². The van der Waals surface area contributed by atoms with E-state index in [1.807, 2.05) is 38.1 Å². The van der Waals surface area contributed by atoms with Gasteiger partial charge in [0.1, 0.15) is 18.5 Å². The number of hydrogen-bond donors (Lipinski definition) is 2. The summed E-state index contributed by atoms with van der Waals surface area (Å²) >= 11 is 7.64. The lowest BCUT2D eigenvalue weighted by atomic mass is 10.1. The minimum Gasteiger partial charge on any atom is -0.489 e. The van der Waals surface area contributed by atoms with Gasteiger partial charge in [0.2, 0.25) is 0 Å². The Morgan fingerprint density at radius 3 is 2.74 bits per heavy atom. The van der Waals surface area contributed by atoms with Crippen LogP contribution in [-0.2, 0) is 4.79 Å². The van der Waals surface area contributed by atoms with Gasteiger partial charge in [0.05, 0.1) is 22.2 Å². The SMILES string of the molecule is CCCN=C1S/C(=C/c2ccc(OC[C@@H](O)CO)c(Cl)c2)C(=O)N1c1ccccc1C. The van der Waals surface area contributed by atoms with Crippen LogP contribution in [0.1, 0.15) is 24.5 Å². The average molecular weight is 461 g/mol. The van der Waals surface area contributed by atoms with Crippen molar-refractivity contribution in [3.63, 3.8) is 0 Å². The average Bonchev–Trinajstić information content (AvgIpc) is 3.06. The molecule has 164 valence electrons. The van der Waals surface area contributed by atoms with E-state index < -0.39 is 6.10 Å². The first-order valence-electron chi connectivity index (χ1n) is 10.00. The van der Waals surface area contributed by atoms with E-state index in [4.69, 9.17) is 21.4 Å². The van der Waals surface area contributed by atoms with Gasteiger partial charge in [-0.3, -0.25) is 14.7 Å². The molecule has 1 saturated heterocycles. The predicted molar refractivity (Wildman–Crippen MR) is 127 cm³/mol. The van der Waals surface area contributed by atoms with Crippen molar-refractivity contribution in [2.24, 2.45) is 4.99 Å². The number of aryl methyl sites for hydroxylation is 1. The molecule has 8 heteroatoms. The van der Waals surface area contributed by atoms with Crippen LogP contribution in [0.3, 0.4) is 0 Å². The molecular formula is C23H25ClN2O4S. The normalized spacial score (nSPS) is 17.6. The van der Waals surface area contributed by atoms with Gasteiger partial charge in [0, 0.05) is 6.54 Å². The lowest BCUT2D eigenvalue weighted by molar-refractivity contribution is -0.113. The topological polar surface area (TPSA) is 82.4 Å². The van der Waals surface area contributed by atoms with Crippen molar-refractivity contribution in [3.8, 4) is 5.75 Å². The number of carbonyl (C=O) groups is 1. The predicted octanol–water partition coefficient (Wildman–Crippen LogP) is 4.27. The molecule has 1 heterocycles. The van der Waals surface area contributed by atoms with Gasteiger partial charge in [0.25, 0.3) is 5.91 Å². The third kappa shape index (κ3) is 5.68. The minimum atomic E-state index is -0.973. The minimum absolute atomic E-state index is 0.0619. The molecule has 0 radical (unpaired) electrons. The molecule has 0 spiro atoms. The first-order valence-corrected chi connectivity index (χ1v) is 11.2. The summed E-state index contributed by atoms with van der Waals surface area (Å²) in [6.07, 6.45) is 1.70. The highest BCUT2D eigenvalue weighted by molar-refractivity contribution is 8.19. The first-order chi connectivity index (χ1) is 14.9. The fourth-order valence-electron chi connectivity index (χ4n) is 2.93. The van der Waals surface area contributed by atoms with E-state index in [9.17, 15) is 9.90 Å². The molecular weight excluding hydrogens is 436 g/mol. The number of benzene rings is 2. The number of thioether (sulfide) groups is 1. The Hall–Kier alpha value is -2.32. The molecule has 31 heavy (non-hydrogen) atoms. The quantitative estimate of drug-likeness (QED) is 0.575. The fourth-order valence-corrected chi connectivity index (χ4v) is 4.17. The molecule has 6 nitrogen and oxygen atoms in total. The van der Waals surface area contributed by atoms with Crippen molar-refractivity contribution in [1.82, 2.24) is 0 Å². The molecule has 0 saturated carbocycles. The third-order valence-electron chi connectivity index (χ3n) is 4.53. The number of aliphatic hydroxyl groups is 2. The highest BCUT2D eigenvalue weighted by atomic mass is 35.5. The number of halogens is 1. The highest BCUT2D eigenvalue weighted by Crippen LogP contribution is 2.38. The number of aliphatic imine (C=N–C) groups is 1. The summed E-state index contributed by atoms with van der Waals surface area (Å²) < 4.78 is 5.42. The molecule has 2 aromatic rings. The third-order valence-corrected chi connectivity index (χ3v) is 5.83. The molecule has 0 aromatic heterocycles. The standard InChI is InChI=1S/C23H25ClN2O4S/c1-3-10-25-23-26(19-7-5-4-6-15(19)2)22(29)21(31-23)12-16-8-9-20(18(24)11-16)30-14-17(28)13-27/h4-9,11-12,17,27-28H,3,10,13-14H2,1-2H3/b21-12+,25-23?/t17-/m0/s1. The Labute approximate surface area is 191 Å². The van der Waals surface area contributed by atoms with Gasteiger partial charge in [-0.15, -0.1) is 0 Å². The molecule has 1 fully saturated rings. The number of amides is 1. The van der Waals surface area contributed by atoms with Gasteiger partial charge in [-0.2, -0.15) is 0 Å². The monoisotopic (exact) mass is 460 g/mol. The number of anilines is 1. The van der Waals surface area contributed by atoms with Crippen molar-refractivity contribution < 1.29 is 19.7 Å². The maximum absolute atomic E-state index is 13.2.